The van der Waals surface area contributed by atoms with Crippen molar-refractivity contribution in [2.24, 2.45) is 0 Å². The van der Waals surface area contributed by atoms with Gasteiger partial charge in [0.2, 0.25) is 0 Å². The van der Waals surface area contributed by atoms with Gasteiger partial charge in [0, 0.05) is 23.2 Å². The van der Waals surface area contributed by atoms with Crippen LogP contribution in [0.4, 0.5) is 0 Å². The summed E-state index contributed by atoms with van der Waals surface area (Å²) in [4.78, 5) is 0. The van der Waals surface area contributed by atoms with Crippen LogP contribution in [0.1, 0.15) is 50.6 Å². The maximum absolute atomic E-state index is 6.16. The number of ether oxygens (including phenoxy) is 2. The van der Waals surface area contributed by atoms with Crippen LogP contribution in [0.3, 0.4) is 0 Å². The normalized spacial score (nSPS) is 20.2. The molecule has 0 saturated carbocycles. The van der Waals surface area contributed by atoms with E-state index in [-0.39, 0.29) is 6.04 Å². The monoisotopic (exact) mass is 311 g/mol. The molecule has 0 radical (unpaired) electrons. The van der Waals surface area contributed by atoms with Crippen LogP contribution in [0.5, 0.6) is 5.75 Å². The molecule has 0 aromatic heterocycles. The number of hydrogen-bond donors (Lipinski definition) is 1. The van der Waals surface area contributed by atoms with Crippen molar-refractivity contribution in [1.82, 2.24) is 5.32 Å². The van der Waals surface area contributed by atoms with Gasteiger partial charge < -0.3 is 14.8 Å². The fourth-order valence-corrected chi connectivity index (χ4v) is 3.16. The van der Waals surface area contributed by atoms with E-state index >= 15 is 0 Å². The second kappa shape index (κ2) is 8.62. The van der Waals surface area contributed by atoms with E-state index in [1.165, 1.54) is 19.3 Å². The second-order valence-electron chi connectivity index (χ2n) is 5.56. The predicted octanol–water partition coefficient (Wildman–Crippen LogP) is 4.35. The van der Waals surface area contributed by atoms with Gasteiger partial charge in [-0.05, 0) is 56.8 Å². The van der Waals surface area contributed by atoms with Crippen LogP contribution >= 0.6 is 11.6 Å². The lowest BCUT2D eigenvalue weighted by Gasteiger charge is -2.26. The Balaban J connectivity index is 2.05. The van der Waals surface area contributed by atoms with Crippen molar-refractivity contribution in [2.45, 2.75) is 51.2 Å². The highest BCUT2D eigenvalue weighted by Gasteiger charge is 2.20. The molecule has 1 aliphatic heterocycles. The van der Waals surface area contributed by atoms with Crippen molar-refractivity contribution >= 4 is 11.6 Å². The van der Waals surface area contributed by atoms with Gasteiger partial charge in [0.25, 0.3) is 0 Å². The third-order valence-electron chi connectivity index (χ3n) is 4.07. The van der Waals surface area contributed by atoms with Crippen LogP contribution in [-0.4, -0.2) is 26.4 Å². The highest BCUT2D eigenvalue weighted by atomic mass is 35.5. The van der Waals surface area contributed by atoms with Crippen molar-refractivity contribution in [1.29, 1.82) is 0 Å². The molecule has 2 unspecified atom stereocenters. The summed E-state index contributed by atoms with van der Waals surface area (Å²) >= 11 is 6.16. The number of halogens is 1. The molecule has 4 heteroatoms. The standard InChI is InChI=1S/C17H26ClNO2/c1-3-19-16(9-8-14-6-4-5-11-21-14)15-12-13(18)7-10-17(15)20-2/h7,10,12,14,16,19H,3-6,8-9,11H2,1-2H3. The molecule has 1 aliphatic rings. The largest absolute Gasteiger partial charge is 0.496 e. The highest BCUT2D eigenvalue weighted by Crippen LogP contribution is 2.32. The van der Waals surface area contributed by atoms with E-state index in [0.717, 1.165) is 42.3 Å². The van der Waals surface area contributed by atoms with Gasteiger partial charge in [0.1, 0.15) is 5.75 Å². The van der Waals surface area contributed by atoms with Crippen LogP contribution in [-0.2, 0) is 4.74 Å². The van der Waals surface area contributed by atoms with E-state index in [1.54, 1.807) is 7.11 Å². The second-order valence-corrected chi connectivity index (χ2v) is 6.00. The number of benzene rings is 1. The first-order valence-electron chi connectivity index (χ1n) is 7.93. The highest BCUT2D eigenvalue weighted by molar-refractivity contribution is 6.30. The molecule has 118 valence electrons. The zero-order valence-corrected chi connectivity index (χ0v) is 13.8. The average molecular weight is 312 g/mol. The molecule has 21 heavy (non-hydrogen) atoms. The number of nitrogens with one attached hydrogen (secondary N) is 1. The van der Waals surface area contributed by atoms with Gasteiger partial charge in [-0.25, -0.2) is 0 Å². The quantitative estimate of drug-likeness (QED) is 0.812. The number of hydrogen-bond acceptors (Lipinski definition) is 3. The van der Waals surface area contributed by atoms with Crippen molar-refractivity contribution in [3.63, 3.8) is 0 Å². The third-order valence-corrected chi connectivity index (χ3v) is 4.30. The summed E-state index contributed by atoms with van der Waals surface area (Å²) in [6.45, 7) is 3.96. The summed E-state index contributed by atoms with van der Waals surface area (Å²) in [7, 11) is 1.71. The van der Waals surface area contributed by atoms with Crippen molar-refractivity contribution in [2.75, 3.05) is 20.3 Å². The molecule has 0 spiro atoms. The topological polar surface area (TPSA) is 30.5 Å². The van der Waals surface area contributed by atoms with Gasteiger partial charge in [-0.3, -0.25) is 0 Å². The van der Waals surface area contributed by atoms with Crippen LogP contribution in [0.15, 0.2) is 18.2 Å². The van der Waals surface area contributed by atoms with Gasteiger partial charge in [-0.1, -0.05) is 18.5 Å². The maximum Gasteiger partial charge on any atom is 0.123 e. The number of methoxy groups -OCH3 is 1. The molecule has 1 N–H and O–H groups in total. The maximum atomic E-state index is 6.16. The SMILES string of the molecule is CCNC(CCC1CCCCO1)c1cc(Cl)ccc1OC. The number of rotatable bonds is 7. The minimum atomic E-state index is 0.258. The summed E-state index contributed by atoms with van der Waals surface area (Å²) in [6.07, 6.45) is 6.20. The molecule has 1 aromatic rings. The van der Waals surface area contributed by atoms with E-state index in [9.17, 15) is 0 Å². The first kappa shape index (κ1) is 16.6. The van der Waals surface area contributed by atoms with Crippen LogP contribution in [0.2, 0.25) is 5.02 Å². The summed E-state index contributed by atoms with van der Waals surface area (Å²) in [5.41, 5.74) is 1.14. The fraction of sp³-hybridized carbons (Fsp3) is 0.647. The smallest absolute Gasteiger partial charge is 0.123 e. The molecule has 2 rings (SSSR count). The molecule has 0 aliphatic carbocycles. The molecule has 0 amide bonds. The average Bonchev–Trinajstić information content (AvgIpc) is 2.52. The minimum Gasteiger partial charge on any atom is -0.496 e. The first-order valence-corrected chi connectivity index (χ1v) is 8.30. The predicted molar refractivity (Wildman–Crippen MR) is 87.2 cm³/mol. The lowest BCUT2D eigenvalue weighted by atomic mass is 9.96. The van der Waals surface area contributed by atoms with Crippen LogP contribution < -0.4 is 10.1 Å². The van der Waals surface area contributed by atoms with Gasteiger partial charge >= 0.3 is 0 Å². The Morgan fingerprint density at radius 2 is 2.29 bits per heavy atom. The summed E-state index contributed by atoms with van der Waals surface area (Å²) < 4.78 is 11.3. The summed E-state index contributed by atoms with van der Waals surface area (Å²) in [6, 6.07) is 6.08. The molecule has 3 nitrogen and oxygen atoms in total. The molecule has 1 fully saturated rings. The molecule has 1 aromatic carbocycles. The Morgan fingerprint density at radius 1 is 1.43 bits per heavy atom. The lowest BCUT2D eigenvalue weighted by molar-refractivity contribution is 0.00853. The zero-order chi connectivity index (χ0) is 15.1. The van der Waals surface area contributed by atoms with Gasteiger partial charge in [0.05, 0.1) is 13.2 Å². The Morgan fingerprint density at radius 3 is 2.95 bits per heavy atom. The third kappa shape index (κ3) is 4.87. The first-order chi connectivity index (χ1) is 10.2. The van der Waals surface area contributed by atoms with E-state index in [1.807, 2.05) is 18.2 Å². The van der Waals surface area contributed by atoms with E-state index in [2.05, 4.69) is 12.2 Å². The van der Waals surface area contributed by atoms with Gasteiger partial charge in [-0.15, -0.1) is 0 Å². The Labute approximate surface area is 133 Å². The van der Waals surface area contributed by atoms with E-state index in [4.69, 9.17) is 21.1 Å². The van der Waals surface area contributed by atoms with E-state index in [0.29, 0.717) is 6.10 Å². The van der Waals surface area contributed by atoms with Crippen molar-refractivity contribution in [3.8, 4) is 5.75 Å². The molecular formula is C17H26ClNO2. The van der Waals surface area contributed by atoms with Crippen molar-refractivity contribution in [3.05, 3.63) is 28.8 Å². The Kier molecular flexibility index (Phi) is 6.81. The molecule has 1 saturated heterocycles. The molecule has 0 bridgehead atoms. The van der Waals surface area contributed by atoms with Crippen LogP contribution in [0.25, 0.3) is 0 Å². The minimum absolute atomic E-state index is 0.258. The van der Waals surface area contributed by atoms with Gasteiger partial charge in [-0.2, -0.15) is 0 Å². The molecule has 1 heterocycles. The van der Waals surface area contributed by atoms with Crippen LogP contribution in [0, 0.1) is 0 Å². The van der Waals surface area contributed by atoms with Crippen molar-refractivity contribution < 1.29 is 9.47 Å². The summed E-state index contributed by atoms with van der Waals surface area (Å²) in [5.74, 6) is 0.898. The molecular weight excluding hydrogens is 286 g/mol. The van der Waals surface area contributed by atoms with Gasteiger partial charge in [0.15, 0.2) is 0 Å². The lowest BCUT2D eigenvalue weighted by Crippen LogP contribution is -2.25. The summed E-state index contributed by atoms with van der Waals surface area (Å²) in [5, 5.41) is 4.30. The fourth-order valence-electron chi connectivity index (χ4n) is 2.98. The van der Waals surface area contributed by atoms with E-state index < -0.39 is 0 Å². The Hall–Kier alpha value is -0.770. The molecule has 2 atom stereocenters. The zero-order valence-electron chi connectivity index (χ0n) is 13.0. The Bertz CT molecular complexity index is 433.